The molecule has 0 bridgehead atoms. The van der Waals surface area contributed by atoms with E-state index in [1.165, 1.54) is 0 Å². The molecule has 1 atom stereocenters. The molecule has 0 saturated heterocycles. The fourth-order valence-corrected chi connectivity index (χ4v) is 4.09. The SMILES string of the molecule is Cl.Clc1ccc2cc(-c3csc(C4C=CN(I)CC4)n3)oc2c1. The lowest BCUT2D eigenvalue weighted by Gasteiger charge is -2.20. The first kappa shape index (κ1) is 17.1. The van der Waals surface area contributed by atoms with Crippen molar-refractivity contribution in [3.05, 3.63) is 52.0 Å². The van der Waals surface area contributed by atoms with Gasteiger partial charge >= 0.3 is 0 Å². The van der Waals surface area contributed by atoms with Crippen molar-refractivity contribution in [2.45, 2.75) is 12.3 Å². The summed E-state index contributed by atoms with van der Waals surface area (Å²) in [6, 6.07) is 7.70. The van der Waals surface area contributed by atoms with Crippen LogP contribution in [0.3, 0.4) is 0 Å². The predicted octanol–water partition coefficient (Wildman–Crippen LogP) is 6.28. The van der Waals surface area contributed by atoms with E-state index in [-0.39, 0.29) is 12.4 Å². The number of allylic oxidation sites excluding steroid dienone is 1. The highest BCUT2D eigenvalue weighted by Gasteiger charge is 2.18. The number of furan rings is 1. The Kier molecular flexibility index (Phi) is 5.20. The highest BCUT2D eigenvalue weighted by molar-refractivity contribution is 14.1. The van der Waals surface area contributed by atoms with Gasteiger partial charge in [-0.05, 0) is 24.6 Å². The molecule has 0 amide bonds. The lowest BCUT2D eigenvalue weighted by atomic mass is 10.0. The van der Waals surface area contributed by atoms with Crippen molar-refractivity contribution in [1.29, 1.82) is 0 Å². The zero-order chi connectivity index (χ0) is 15.1. The smallest absolute Gasteiger partial charge is 0.154 e. The van der Waals surface area contributed by atoms with Crippen LogP contribution in [0.5, 0.6) is 0 Å². The van der Waals surface area contributed by atoms with Gasteiger partial charge in [-0.2, -0.15) is 0 Å². The molecule has 23 heavy (non-hydrogen) atoms. The quantitative estimate of drug-likeness (QED) is 0.320. The monoisotopic (exact) mass is 478 g/mol. The van der Waals surface area contributed by atoms with Crippen molar-refractivity contribution >= 4 is 69.2 Å². The van der Waals surface area contributed by atoms with Crippen LogP contribution in [0.2, 0.25) is 5.02 Å². The van der Waals surface area contributed by atoms with Gasteiger partial charge in [-0.25, -0.2) is 4.98 Å². The third-order valence-electron chi connectivity index (χ3n) is 3.71. The first-order valence-electron chi connectivity index (χ1n) is 6.95. The second-order valence-corrected chi connectivity index (χ2v) is 7.79. The summed E-state index contributed by atoms with van der Waals surface area (Å²) in [5, 5.41) is 4.95. The summed E-state index contributed by atoms with van der Waals surface area (Å²) < 4.78 is 8.06. The second kappa shape index (κ2) is 7.01. The third kappa shape index (κ3) is 3.52. The third-order valence-corrected chi connectivity index (χ3v) is 5.72. The Morgan fingerprint density at radius 1 is 1.35 bits per heavy atom. The molecule has 0 spiro atoms. The molecule has 3 aromatic rings. The topological polar surface area (TPSA) is 29.3 Å². The van der Waals surface area contributed by atoms with Crippen molar-refractivity contribution in [2.75, 3.05) is 6.54 Å². The Balaban J connectivity index is 0.00000156. The molecule has 0 saturated carbocycles. The van der Waals surface area contributed by atoms with Crippen LogP contribution in [0.1, 0.15) is 17.3 Å². The van der Waals surface area contributed by atoms with Crippen LogP contribution in [0.15, 0.2) is 46.3 Å². The standard InChI is InChI=1S/C16H12ClIN2OS.ClH/c17-12-2-1-11-7-15(21-14(11)8-12)13-9-22-16(19-13)10-3-5-20(18)6-4-10;/h1-3,5,7-10H,4,6H2;1H. The zero-order valence-electron chi connectivity index (χ0n) is 11.9. The van der Waals surface area contributed by atoms with E-state index in [1.807, 2.05) is 24.3 Å². The number of fused-ring (bicyclic) bond motifs is 1. The molecular formula is C16H13Cl2IN2OS. The number of hydrogen-bond donors (Lipinski definition) is 0. The van der Waals surface area contributed by atoms with Crippen LogP contribution in [0.25, 0.3) is 22.4 Å². The second-order valence-electron chi connectivity index (χ2n) is 5.22. The maximum atomic E-state index is 6.01. The Bertz CT molecular complexity index is 861. The highest BCUT2D eigenvalue weighted by atomic mass is 127. The first-order chi connectivity index (χ1) is 10.7. The minimum Gasteiger partial charge on any atom is -0.454 e. The van der Waals surface area contributed by atoms with Crippen molar-refractivity contribution in [3.63, 3.8) is 0 Å². The minimum atomic E-state index is 0. The van der Waals surface area contributed by atoms with Crippen molar-refractivity contribution in [1.82, 2.24) is 8.10 Å². The van der Waals surface area contributed by atoms with E-state index in [9.17, 15) is 0 Å². The average molecular weight is 479 g/mol. The zero-order valence-corrected chi connectivity index (χ0v) is 16.5. The molecule has 3 nitrogen and oxygen atoms in total. The molecular weight excluding hydrogens is 466 g/mol. The average Bonchev–Trinajstić information content (AvgIpc) is 3.13. The summed E-state index contributed by atoms with van der Waals surface area (Å²) in [5.41, 5.74) is 1.70. The Labute approximate surface area is 163 Å². The number of rotatable bonds is 2. The van der Waals surface area contributed by atoms with Crippen molar-refractivity contribution in [2.24, 2.45) is 0 Å². The normalized spacial score (nSPS) is 17.5. The van der Waals surface area contributed by atoms with E-state index < -0.39 is 0 Å². The summed E-state index contributed by atoms with van der Waals surface area (Å²) in [4.78, 5) is 4.77. The fourth-order valence-electron chi connectivity index (χ4n) is 2.54. The van der Waals surface area contributed by atoms with Gasteiger partial charge < -0.3 is 7.53 Å². The summed E-state index contributed by atoms with van der Waals surface area (Å²) >= 11 is 10.0. The van der Waals surface area contributed by atoms with Gasteiger partial charge in [-0.1, -0.05) is 17.7 Å². The van der Waals surface area contributed by atoms with Crippen LogP contribution >= 0.6 is 58.2 Å². The number of halogens is 3. The van der Waals surface area contributed by atoms with E-state index in [0.717, 1.165) is 40.4 Å². The van der Waals surface area contributed by atoms with Gasteiger partial charge in [0.2, 0.25) is 0 Å². The highest BCUT2D eigenvalue weighted by Crippen LogP contribution is 2.34. The molecule has 120 valence electrons. The van der Waals surface area contributed by atoms with E-state index in [2.05, 4.69) is 43.6 Å². The lowest BCUT2D eigenvalue weighted by Crippen LogP contribution is -2.14. The van der Waals surface area contributed by atoms with Crippen LogP contribution in [-0.2, 0) is 0 Å². The molecule has 1 aliphatic heterocycles. The summed E-state index contributed by atoms with van der Waals surface area (Å²) in [6.45, 7) is 1.06. The van der Waals surface area contributed by atoms with Gasteiger partial charge in [-0.3, -0.25) is 0 Å². The minimum absolute atomic E-state index is 0. The number of aromatic nitrogens is 1. The Morgan fingerprint density at radius 3 is 3.00 bits per heavy atom. The number of hydrogen-bond acceptors (Lipinski definition) is 4. The Morgan fingerprint density at radius 2 is 2.22 bits per heavy atom. The van der Waals surface area contributed by atoms with Gasteiger partial charge in [0.15, 0.2) is 5.76 Å². The molecule has 4 rings (SSSR count). The molecule has 1 unspecified atom stereocenters. The molecule has 0 fully saturated rings. The van der Waals surface area contributed by atoms with E-state index in [0.29, 0.717) is 10.9 Å². The number of benzene rings is 1. The maximum absolute atomic E-state index is 6.01. The molecule has 0 aliphatic carbocycles. The van der Waals surface area contributed by atoms with Gasteiger partial charge in [0.05, 0.1) is 22.9 Å². The van der Waals surface area contributed by atoms with Crippen molar-refractivity contribution in [3.8, 4) is 11.5 Å². The van der Waals surface area contributed by atoms with Gasteiger partial charge in [0.25, 0.3) is 0 Å². The van der Waals surface area contributed by atoms with Crippen LogP contribution in [0, 0.1) is 0 Å². The summed E-state index contributed by atoms with van der Waals surface area (Å²) in [5.74, 6) is 1.21. The van der Waals surface area contributed by atoms with Gasteiger partial charge in [0, 0.05) is 40.5 Å². The summed E-state index contributed by atoms with van der Waals surface area (Å²) in [7, 11) is 0. The Hall–Kier alpha value is -0.760. The molecule has 3 heterocycles. The molecule has 0 N–H and O–H groups in total. The van der Waals surface area contributed by atoms with Crippen LogP contribution < -0.4 is 0 Å². The van der Waals surface area contributed by atoms with E-state index >= 15 is 0 Å². The predicted molar refractivity (Wildman–Crippen MR) is 107 cm³/mol. The number of thiazole rings is 1. The molecule has 7 heteroatoms. The van der Waals surface area contributed by atoms with Crippen LogP contribution in [-0.4, -0.2) is 14.6 Å². The van der Waals surface area contributed by atoms with Crippen molar-refractivity contribution < 1.29 is 4.42 Å². The largest absolute Gasteiger partial charge is 0.454 e. The molecule has 1 aliphatic rings. The fraction of sp³-hybridized carbons (Fsp3) is 0.188. The molecule has 1 aromatic carbocycles. The lowest BCUT2D eigenvalue weighted by molar-refractivity contribution is 0.554. The molecule has 0 radical (unpaired) electrons. The first-order valence-corrected chi connectivity index (χ1v) is 9.17. The van der Waals surface area contributed by atoms with Gasteiger partial charge in [0.1, 0.15) is 16.3 Å². The summed E-state index contributed by atoms with van der Waals surface area (Å²) in [6.07, 6.45) is 5.44. The van der Waals surface area contributed by atoms with Crippen LogP contribution in [0.4, 0.5) is 0 Å². The number of nitrogens with zero attached hydrogens (tertiary/aromatic N) is 2. The van der Waals surface area contributed by atoms with Gasteiger partial charge in [-0.15, -0.1) is 23.7 Å². The molecule has 2 aromatic heterocycles. The van der Waals surface area contributed by atoms with E-state index in [4.69, 9.17) is 21.0 Å². The van der Waals surface area contributed by atoms with E-state index in [1.54, 1.807) is 11.3 Å². The maximum Gasteiger partial charge on any atom is 0.154 e.